The smallest absolute Gasteiger partial charge is 0.232 e. The van der Waals surface area contributed by atoms with Crippen LogP contribution in [0.15, 0.2) is 48.7 Å². The van der Waals surface area contributed by atoms with Gasteiger partial charge in [0, 0.05) is 11.6 Å². The fourth-order valence-electron chi connectivity index (χ4n) is 3.06. The molecule has 118 valence electrons. The van der Waals surface area contributed by atoms with Gasteiger partial charge in [-0.15, -0.1) is 5.10 Å². The Balaban J connectivity index is 1.62. The fourth-order valence-corrected chi connectivity index (χ4v) is 3.06. The van der Waals surface area contributed by atoms with Crippen LogP contribution in [-0.2, 0) is 0 Å². The third-order valence-corrected chi connectivity index (χ3v) is 4.34. The Bertz CT molecular complexity index is 792. The van der Waals surface area contributed by atoms with Crippen LogP contribution < -0.4 is 4.74 Å². The molecule has 0 spiro atoms. The van der Waals surface area contributed by atoms with Crippen LogP contribution in [0, 0.1) is 0 Å². The Kier molecular flexibility index (Phi) is 3.71. The minimum Gasteiger partial charge on any atom is -0.473 e. The molecule has 1 aromatic carbocycles. The predicted octanol–water partition coefficient (Wildman–Crippen LogP) is 3.08. The van der Waals surface area contributed by atoms with Crippen molar-refractivity contribution in [1.29, 1.82) is 0 Å². The molecule has 0 aliphatic heterocycles. The molecular weight excluding hydrogens is 290 g/mol. The molecule has 0 radical (unpaired) electrons. The number of aromatic nitrogens is 3. The lowest BCUT2D eigenvalue weighted by atomic mass is 9.95. The van der Waals surface area contributed by atoms with Crippen molar-refractivity contribution in [3.63, 3.8) is 0 Å². The van der Waals surface area contributed by atoms with Crippen molar-refractivity contribution in [2.45, 2.75) is 37.9 Å². The lowest BCUT2D eigenvalue weighted by molar-refractivity contribution is 0.0637. The molecule has 0 bridgehead atoms. The van der Waals surface area contributed by atoms with E-state index in [1.807, 2.05) is 53.2 Å². The number of benzene rings is 1. The molecule has 1 fully saturated rings. The highest BCUT2D eigenvalue weighted by Crippen LogP contribution is 2.24. The van der Waals surface area contributed by atoms with Gasteiger partial charge in [0.05, 0.1) is 18.0 Å². The van der Waals surface area contributed by atoms with Crippen molar-refractivity contribution in [2.75, 3.05) is 0 Å². The quantitative estimate of drug-likeness (QED) is 0.808. The zero-order chi connectivity index (χ0) is 15.6. The summed E-state index contributed by atoms with van der Waals surface area (Å²) in [4.78, 5) is 4.40. The molecule has 3 aromatic rings. The van der Waals surface area contributed by atoms with E-state index in [1.54, 1.807) is 0 Å². The molecule has 4 rings (SSSR count). The number of fused-ring (bicyclic) bond motifs is 1. The van der Waals surface area contributed by atoms with Crippen molar-refractivity contribution in [1.82, 2.24) is 14.6 Å². The first-order valence-corrected chi connectivity index (χ1v) is 8.04. The van der Waals surface area contributed by atoms with Gasteiger partial charge in [0.25, 0.3) is 0 Å². The van der Waals surface area contributed by atoms with Gasteiger partial charge in [-0.25, -0.2) is 9.50 Å². The van der Waals surface area contributed by atoms with Gasteiger partial charge in [-0.2, -0.15) is 0 Å². The van der Waals surface area contributed by atoms with E-state index in [4.69, 9.17) is 4.74 Å². The van der Waals surface area contributed by atoms with Crippen molar-refractivity contribution in [2.24, 2.45) is 0 Å². The maximum atomic E-state index is 9.59. The van der Waals surface area contributed by atoms with E-state index in [0.29, 0.717) is 5.88 Å². The van der Waals surface area contributed by atoms with Gasteiger partial charge in [-0.1, -0.05) is 30.3 Å². The summed E-state index contributed by atoms with van der Waals surface area (Å²) in [5.41, 5.74) is 2.82. The lowest BCUT2D eigenvalue weighted by Crippen LogP contribution is -2.26. The number of ether oxygens (including phenoxy) is 1. The van der Waals surface area contributed by atoms with E-state index in [0.717, 1.165) is 42.6 Å². The number of aliphatic hydroxyl groups excluding tert-OH is 1. The maximum Gasteiger partial charge on any atom is 0.232 e. The monoisotopic (exact) mass is 309 g/mol. The highest BCUT2D eigenvalue weighted by Gasteiger charge is 2.21. The third kappa shape index (κ3) is 2.92. The van der Waals surface area contributed by atoms with Crippen LogP contribution in [0.5, 0.6) is 5.88 Å². The SMILES string of the molecule is OC1CCC(Oc2ccc3ncc(-c4ccccc4)n3n2)CC1. The van der Waals surface area contributed by atoms with Crippen molar-refractivity contribution >= 4 is 5.65 Å². The first kappa shape index (κ1) is 14.2. The molecule has 2 heterocycles. The first-order chi connectivity index (χ1) is 11.3. The molecule has 5 heteroatoms. The Morgan fingerprint density at radius 2 is 1.78 bits per heavy atom. The molecule has 2 aromatic heterocycles. The van der Waals surface area contributed by atoms with Crippen molar-refractivity contribution < 1.29 is 9.84 Å². The van der Waals surface area contributed by atoms with Crippen LogP contribution in [-0.4, -0.2) is 31.9 Å². The van der Waals surface area contributed by atoms with Crippen molar-refractivity contribution in [3.05, 3.63) is 48.7 Å². The first-order valence-electron chi connectivity index (χ1n) is 8.04. The average molecular weight is 309 g/mol. The van der Waals surface area contributed by atoms with Crippen LogP contribution in [0.3, 0.4) is 0 Å². The molecule has 0 saturated heterocycles. The van der Waals surface area contributed by atoms with Gasteiger partial charge in [0.2, 0.25) is 5.88 Å². The van der Waals surface area contributed by atoms with Crippen molar-refractivity contribution in [3.8, 4) is 17.1 Å². The molecular formula is C18H19N3O2. The van der Waals surface area contributed by atoms with Gasteiger partial charge in [0.1, 0.15) is 6.10 Å². The maximum absolute atomic E-state index is 9.59. The summed E-state index contributed by atoms with van der Waals surface area (Å²) < 4.78 is 7.82. The van der Waals surface area contributed by atoms with Gasteiger partial charge in [-0.05, 0) is 31.7 Å². The molecule has 23 heavy (non-hydrogen) atoms. The van der Waals surface area contributed by atoms with Gasteiger partial charge in [-0.3, -0.25) is 0 Å². The Labute approximate surface area is 134 Å². The van der Waals surface area contributed by atoms with Crippen LogP contribution in [0.2, 0.25) is 0 Å². The second-order valence-electron chi connectivity index (χ2n) is 6.00. The number of aliphatic hydroxyl groups is 1. The Morgan fingerprint density at radius 3 is 2.57 bits per heavy atom. The van der Waals surface area contributed by atoms with Gasteiger partial charge < -0.3 is 9.84 Å². The second-order valence-corrected chi connectivity index (χ2v) is 6.00. The number of rotatable bonds is 3. The van der Waals surface area contributed by atoms with Gasteiger partial charge >= 0.3 is 0 Å². The van der Waals surface area contributed by atoms with E-state index in [2.05, 4.69) is 10.1 Å². The highest BCUT2D eigenvalue weighted by atomic mass is 16.5. The minimum absolute atomic E-state index is 0.132. The molecule has 5 nitrogen and oxygen atoms in total. The summed E-state index contributed by atoms with van der Waals surface area (Å²) in [7, 11) is 0. The second kappa shape index (κ2) is 6.01. The summed E-state index contributed by atoms with van der Waals surface area (Å²) in [5, 5.41) is 14.2. The normalized spacial score (nSPS) is 21.4. The van der Waals surface area contributed by atoms with Gasteiger partial charge in [0.15, 0.2) is 5.65 Å². The zero-order valence-electron chi connectivity index (χ0n) is 12.8. The molecule has 0 unspecified atom stereocenters. The molecule has 1 N–H and O–H groups in total. The summed E-state index contributed by atoms with van der Waals surface area (Å²) in [6.45, 7) is 0. The highest BCUT2D eigenvalue weighted by molar-refractivity contribution is 5.62. The standard InChI is InChI=1S/C18H19N3O2/c22-14-6-8-15(9-7-14)23-18-11-10-17-19-12-16(21(17)20-18)13-4-2-1-3-5-13/h1-5,10-12,14-15,22H,6-9H2. The van der Waals surface area contributed by atoms with E-state index < -0.39 is 0 Å². The largest absolute Gasteiger partial charge is 0.473 e. The predicted molar refractivity (Wildman–Crippen MR) is 87.3 cm³/mol. The van der Waals surface area contributed by atoms with Crippen LogP contribution in [0.1, 0.15) is 25.7 Å². The molecule has 1 aliphatic carbocycles. The molecule has 1 saturated carbocycles. The Hall–Kier alpha value is -2.40. The van der Waals surface area contributed by atoms with E-state index in [-0.39, 0.29) is 12.2 Å². The number of hydrogen-bond acceptors (Lipinski definition) is 4. The zero-order valence-corrected chi connectivity index (χ0v) is 12.8. The van der Waals surface area contributed by atoms with Crippen LogP contribution in [0.4, 0.5) is 0 Å². The number of hydrogen-bond donors (Lipinski definition) is 1. The molecule has 0 amide bonds. The average Bonchev–Trinajstić information content (AvgIpc) is 3.01. The minimum atomic E-state index is -0.177. The summed E-state index contributed by atoms with van der Waals surface area (Å²) in [5.74, 6) is 0.606. The topological polar surface area (TPSA) is 59.7 Å². The van der Waals surface area contributed by atoms with Crippen LogP contribution >= 0.6 is 0 Å². The van der Waals surface area contributed by atoms with Crippen LogP contribution in [0.25, 0.3) is 16.9 Å². The summed E-state index contributed by atoms with van der Waals surface area (Å²) >= 11 is 0. The fraction of sp³-hybridized carbons (Fsp3) is 0.333. The van der Waals surface area contributed by atoms with E-state index in [9.17, 15) is 5.11 Å². The third-order valence-electron chi connectivity index (χ3n) is 4.34. The van der Waals surface area contributed by atoms with E-state index >= 15 is 0 Å². The Morgan fingerprint density at radius 1 is 1.00 bits per heavy atom. The number of imidazole rings is 1. The molecule has 1 aliphatic rings. The summed E-state index contributed by atoms with van der Waals surface area (Å²) in [6, 6.07) is 13.9. The van der Waals surface area contributed by atoms with E-state index in [1.165, 1.54) is 0 Å². The molecule has 0 atom stereocenters. The number of nitrogens with zero attached hydrogens (tertiary/aromatic N) is 3. The lowest BCUT2D eigenvalue weighted by Gasteiger charge is -2.25. The summed E-state index contributed by atoms with van der Waals surface area (Å²) in [6.07, 6.45) is 5.13.